The monoisotopic (exact) mass is 275 g/mol. The number of nitrogens with zero attached hydrogens (tertiary/aromatic N) is 2. The van der Waals surface area contributed by atoms with Gasteiger partial charge in [0.1, 0.15) is 5.69 Å². The van der Waals surface area contributed by atoms with Crippen LogP contribution in [0.3, 0.4) is 0 Å². The zero-order valence-electron chi connectivity index (χ0n) is 12.5. The summed E-state index contributed by atoms with van der Waals surface area (Å²) in [5, 5.41) is 1.40. The molecule has 4 rings (SSSR count). The molecule has 0 fully saturated rings. The highest BCUT2D eigenvalue weighted by molar-refractivity contribution is 5.94. The second-order valence-corrected chi connectivity index (χ2v) is 5.80. The van der Waals surface area contributed by atoms with Crippen molar-refractivity contribution in [2.75, 3.05) is 6.54 Å². The van der Waals surface area contributed by atoms with Crippen LogP contribution in [0.15, 0.2) is 48.5 Å². The predicted molar refractivity (Wildman–Crippen MR) is 87.8 cm³/mol. The summed E-state index contributed by atoms with van der Waals surface area (Å²) < 4.78 is 4.70. The lowest BCUT2D eigenvalue weighted by Crippen LogP contribution is -2.20. The van der Waals surface area contributed by atoms with Crippen molar-refractivity contribution in [3.8, 4) is 0 Å². The molecule has 0 radical (unpaired) electrons. The third kappa shape index (κ3) is 1.83. The maximum Gasteiger partial charge on any atom is 0.208 e. The van der Waals surface area contributed by atoms with Crippen molar-refractivity contribution in [1.29, 1.82) is 0 Å². The van der Waals surface area contributed by atoms with Crippen LogP contribution >= 0.6 is 0 Å². The number of para-hydroxylation sites is 2. The average molecular weight is 275 g/mol. The molecule has 0 atom stereocenters. The summed E-state index contributed by atoms with van der Waals surface area (Å²) in [6.45, 7) is 3.23. The summed E-state index contributed by atoms with van der Waals surface area (Å²) in [5.74, 6) is 0. The van der Waals surface area contributed by atoms with E-state index in [-0.39, 0.29) is 0 Å². The highest BCUT2D eigenvalue weighted by Gasteiger charge is 2.24. The number of rotatable bonds is 1. The molecule has 2 heterocycles. The first-order valence-corrected chi connectivity index (χ1v) is 7.49. The molecule has 0 unspecified atom stereocenters. The molecular weight excluding hydrogens is 256 g/mol. The third-order valence-electron chi connectivity index (χ3n) is 4.57. The van der Waals surface area contributed by atoms with E-state index < -0.39 is 0 Å². The van der Waals surface area contributed by atoms with Crippen molar-refractivity contribution in [2.24, 2.45) is 7.05 Å². The topological polar surface area (TPSA) is 7.94 Å². The van der Waals surface area contributed by atoms with E-state index in [2.05, 4.69) is 77.9 Å². The standard InChI is InChI=1S/C19H19N2/c1-14-7-3-5-9-17(14)21-12-11-16-15-8-4-6-10-18(15)20(2)19(16)13-21/h3-10,13H,11-12H2,1-2H3/q+1. The molecule has 0 aliphatic carbocycles. The van der Waals surface area contributed by atoms with E-state index >= 15 is 0 Å². The van der Waals surface area contributed by atoms with E-state index in [9.17, 15) is 0 Å². The molecular formula is C19H19N2+. The largest absolute Gasteiger partial charge is 0.339 e. The Bertz CT molecular complexity index is 868. The Hall–Kier alpha value is -2.35. The Labute approximate surface area is 125 Å². The van der Waals surface area contributed by atoms with Crippen LogP contribution < -0.4 is 0 Å². The first-order valence-electron chi connectivity index (χ1n) is 7.49. The second-order valence-electron chi connectivity index (χ2n) is 5.80. The summed E-state index contributed by atoms with van der Waals surface area (Å²) in [7, 11) is 2.17. The minimum Gasteiger partial charge on any atom is -0.339 e. The molecule has 2 aromatic carbocycles. The van der Waals surface area contributed by atoms with Crippen molar-refractivity contribution in [3.05, 3.63) is 65.4 Å². The molecule has 0 amide bonds. The minimum atomic E-state index is 1.05. The van der Waals surface area contributed by atoms with Crippen LogP contribution in [0.4, 0.5) is 5.69 Å². The van der Waals surface area contributed by atoms with Gasteiger partial charge < -0.3 is 4.57 Å². The zero-order chi connectivity index (χ0) is 14.4. The molecule has 1 aliphatic heterocycles. The van der Waals surface area contributed by atoms with Gasteiger partial charge in [-0.15, -0.1) is 0 Å². The smallest absolute Gasteiger partial charge is 0.208 e. The Balaban J connectivity index is 1.94. The van der Waals surface area contributed by atoms with E-state index in [1.165, 1.54) is 33.4 Å². The highest BCUT2D eigenvalue weighted by atomic mass is 15.0. The predicted octanol–water partition coefficient (Wildman–Crippen LogP) is 3.81. The van der Waals surface area contributed by atoms with Crippen molar-refractivity contribution in [3.63, 3.8) is 0 Å². The van der Waals surface area contributed by atoms with Crippen LogP contribution in [0, 0.1) is 6.92 Å². The molecule has 1 aliphatic rings. The Kier molecular flexibility index (Phi) is 2.71. The lowest BCUT2D eigenvalue weighted by molar-refractivity contribution is -0.436. The van der Waals surface area contributed by atoms with Crippen LogP contribution in [0.5, 0.6) is 0 Å². The number of aryl methyl sites for hydroxylation is 2. The molecule has 1 aromatic heterocycles. The fourth-order valence-corrected chi connectivity index (χ4v) is 3.44. The van der Waals surface area contributed by atoms with Crippen molar-refractivity contribution < 1.29 is 4.58 Å². The van der Waals surface area contributed by atoms with Gasteiger partial charge in [-0.3, -0.25) is 0 Å². The Morgan fingerprint density at radius 3 is 2.62 bits per heavy atom. The van der Waals surface area contributed by atoms with Crippen molar-refractivity contribution >= 4 is 22.8 Å². The fourth-order valence-electron chi connectivity index (χ4n) is 3.44. The number of hydrogen-bond donors (Lipinski definition) is 0. The van der Waals surface area contributed by atoms with E-state index in [4.69, 9.17) is 0 Å². The molecule has 0 saturated heterocycles. The molecule has 0 spiro atoms. The van der Waals surface area contributed by atoms with Crippen molar-refractivity contribution in [1.82, 2.24) is 4.57 Å². The minimum absolute atomic E-state index is 1.05. The van der Waals surface area contributed by atoms with E-state index in [0.717, 1.165) is 13.0 Å². The summed E-state index contributed by atoms with van der Waals surface area (Å²) >= 11 is 0. The Morgan fingerprint density at radius 1 is 1.00 bits per heavy atom. The molecule has 3 aromatic rings. The van der Waals surface area contributed by atoms with Gasteiger partial charge in [-0.05, 0) is 18.6 Å². The van der Waals surface area contributed by atoms with Crippen LogP contribution in [-0.4, -0.2) is 21.9 Å². The average Bonchev–Trinajstić information content (AvgIpc) is 2.81. The number of aromatic nitrogens is 1. The highest BCUT2D eigenvalue weighted by Crippen LogP contribution is 2.28. The van der Waals surface area contributed by atoms with Gasteiger partial charge in [0.15, 0.2) is 12.8 Å². The molecule has 0 N–H and O–H groups in total. The lowest BCUT2D eigenvalue weighted by Gasteiger charge is -2.11. The quantitative estimate of drug-likeness (QED) is 0.597. The molecule has 0 bridgehead atoms. The van der Waals surface area contributed by atoms with Gasteiger partial charge in [0.05, 0.1) is 0 Å². The van der Waals surface area contributed by atoms with Crippen LogP contribution in [-0.2, 0) is 13.5 Å². The maximum absolute atomic E-state index is 2.39. The van der Waals surface area contributed by atoms with Gasteiger partial charge in [-0.2, -0.15) is 4.58 Å². The third-order valence-corrected chi connectivity index (χ3v) is 4.57. The Morgan fingerprint density at radius 2 is 1.76 bits per heavy atom. The van der Waals surface area contributed by atoms with E-state index in [1.54, 1.807) is 0 Å². The lowest BCUT2D eigenvalue weighted by atomic mass is 10.0. The SMILES string of the molecule is Cc1ccccc1[N+]1=Cc2c(c3ccccc3n2C)CC1. The molecule has 2 nitrogen and oxygen atoms in total. The maximum atomic E-state index is 2.39. The summed E-state index contributed by atoms with van der Waals surface area (Å²) in [6.07, 6.45) is 3.41. The molecule has 104 valence electrons. The van der Waals surface area contributed by atoms with E-state index in [0.29, 0.717) is 0 Å². The second kappa shape index (κ2) is 4.59. The summed E-state index contributed by atoms with van der Waals surface area (Å²) in [4.78, 5) is 0. The molecule has 21 heavy (non-hydrogen) atoms. The molecule has 0 saturated carbocycles. The number of benzene rings is 2. The van der Waals surface area contributed by atoms with Gasteiger partial charge in [-0.25, -0.2) is 0 Å². The molecule has 2 heteroatoms. The fraction of sp³-hybridized carbons (Fsp3) is 0.211. The number of fused-ring (bicyclic) bond motifs is 3. The zero-order valence-corrected chi connectivity index (χ0v) is 12.5. The van der Waals surface area contributed by atoms with Crippen LogP contribution in [0.25, 0.3) is 10.9 Å². The van der Waals surface area contributed by atoms with Gasteiger partial charge in [0.2, 0.25) is 5.69 Å². The van der Waals surface area contributed by atoms with E-state index in [1.807, 2.05) is 0 Å². The van der Waals surface area contributed by atoms with Gasteiger partial charge in [0, 0.05) is 36.0 Å². The van der Waals surface area contributed by atoms with Gasteiger partial charge in [-0.1, -0.05) is 36.4 Å². The first kappa shape index (κ1) is 12.4. The number of hydrogen-bond acceptors (Lipinski definition) is 0. The summed E-state index contributed by atoms with van der Waals surface area (Å²) in [6, 6.07) is 17.3. The summed E-state index contributed by atoms with van der Waals surface area (Å²) in [5.41, 5.74) is 6.79. The first-order chi connectivity index (χ1) is 10.3. The van der Waals surface area contributed by atoms with Crippen LogP contribution in [0.1, 0.15) is 16.8 Å². The van der Waals surface area contributed by atoms with Crippen LogP contribution in [0.2, 0.25) is 0 Å². The van der Waals surface area contributed by atoms with Crippen molar-refractivity contribution in [2.45, 2.75) is 13.3 Å². The van der Waals surface area contributed by atoms with Gasteiger partial charge >= 0.3 is 0 Å². The normalized spacial score (nSPS) is 14.1. The van der Waals surface area contributed by atoms with Gasteiger partial charge in [0.25, 0.3) is 0 Å².